The fraction of sp³-hybridized carbons (Fsp3) is 0.462. The zero-order valence-corrected chi connectivity index (χ0v) is 9.39. The van der Waals surface area contributed by atoms with Crippen LogP contribution in [-0.2, 0) is 9.47 Å². The van der Waals surface area contributed by atoms with Gasteiger partial charge in [0.15, 0.2) is 6.29 Å². The molecule has 1 aliphatic rings. The topological polar surface area (TPSA) is 27.7 Å². The predicted molar refractivity (Wildman–Crippen MR) is 60.0 cm³/mol. The standard InChI is InChI=1S/C13H16O3/c1-3-10-8-15-13(16-9-10)11-6-4-5-7-12(11)14-2/h1,4-7,10,13H,3,8-9H2,2H3. The van der Waals surface area contributed by atoms with E-state index in [1.165, 1.54) is 0 Å². The van der Waals surface area contributed by atoms with Gasteiger partial charge in [-0.2, -0.15) is 0 Å². The summed E-state index contributed by atoms with van der Waals surface area (Å²) in [4.78, 5) is 0. The lowest BCUT2D eigenvalue weighted by Gasteiger charge is -2.29. The number of para-hydroxylation sites is 1. The summed E-state index contributed by atoms with van der Waals surface area (Å²) in [7, 11) is 1.64. The van der Waals surface area contributed by atoms with Gasteiger partial charge in [-0.25, -0.2) is 0 Å². The molecule has 0 atom stereocenters. The van der Waals surface area contributed by atoms with Gasteiger partial charge in [0.1, 0.15) is 5.75 Å². The van der Waals surface area contributed by atoms with Gasteiger partial charge >= 0.3 is 0 Å². The minimum atomic E-state index is -0.334. The maximum atomic E-state index is 5.63. The smallest absolute Gasteiger partial charge is 0.187 e. The highest BCUT2D eigenvalue weighted by atomic mass is 16.7. The highest BCUT2D eigenvalue weighted by Gasteiger charge is 2.24. The van der Waals surface area contributed by atoms with Crippen molar-refractivity contribution in [1.82, 2.24) is 0 Å². The quantitative estimate of drug-likeness (QED) is 0.783. The third-order valence-electron chi connectivity index (χ3n) is 2.69. The Morgan fingerprint density at radius 1 is 1.31 bits per heavy atom. The van der Waals surface area contributed by atoms with Crippen LogP contribution >= 0.6 is 0 Å². The van der Waals surface area contributed by atoms with Crippen molar-refractivity contribution in [2.24, 2.45) is 5.92 Å². The van der Waals surface area contributed by atoms with Crippen molar-refractivity contribution >= 4 is 0 Å². The second-order valence-corrected chi connectivity index (χ2v) is 3.84. The summed E-state index contributed by atoms with van der Waals surface area (Å²) in [5.41, 5.74) is 0.931. The number of benzene rings is 1. The van der Waals surface area contributed by atoms with E-state index in [0.717, 1.165) is 11.3 Å². The molecule has 3 heteroatoms. The SMILES string of the molecule is [CH]CC1COC(c2ccccc2OC)OC1. The van der Waals surface area contributed by atoms with Crippen molar-refractivity contribution < 1.29 is 14.2 Å². The minimum Gasteiger partial charge on any atom is -0.496 e. The molecule has 1 aromatic rings. The van der Waals surface area contributed by atoms with Crippen molar-refractivity contribution in [2.45, 2.75) is 12.7 Å². The summed E-state index contributed by atoms with van der Waals surface area (Å²) >= 11 is 0. The third kappa shape index (κ3) is 2.36. The van der Waals surface area contributed by atoms with Crippen LogP contribution in [-0.4, -0.2) is 20.3 Å². The Hall–Kier alpha value is -1.06. The molecule has 1 heterocycles. The first-order chi connectivity index (χ1) is 7.85. The van der Waals surface area contributed by atoms with Gasteiger partial charge in [-0.15, -0.1) is 0 Å². The maximum Gasteiger partial charge on any atom is 0.187 e. The summed E-state index contributed by atoms with van der Waals surface area (Å²) < 4.78 is 16.5. The summed E-state index contributed by atoms with van der Waals surface area (Å²) in [6.45, 7) is 6.83. The maximum absolute atomic E-state index is 5.63. The zero-order valence-electron chi connectivity index (χ0n) is 9.39. The average molecular weight is 220 g/mol. The summed E-state index contributed by atoms with van der Waals surface area (Å²) in [5.74, 6) is 1.09. The van der Waals surface area contributed by atoms with Gasteiger partial charge in [0, 0.05) is 11.5 Å². The summed E-state index contributed by atoms with van der Waals surface area (Å²) in [6, 6.07) is 7.72. The van der Waals surface area contributed by atoms with Gasteiger partial charge < -0.3 is 14.2 Å². The molecule has 1 aliphatic heterocycles. The number of ether oxygens (including phenoxy) is 3. The van der Waals surface area contributed by atoms with Crippen LogP contribution in [0.4, 0.5) is 0 Å². The molecule has 0 N–H and O–H groups in total. The van der Waals surface area contributed by atoms with E-state index in [2.05, 4.69) is 0 Å². The Morgan fingerprint density at radius 3 is 2.62 bits per heavy atom. The number of hydrogen-bond acceptors (Lipinski definition) is 3. The van der Waals surface area contributed by atoms with Crippen LogP contribution in [0.15, 0.2) is 24.3 Å². The van der Waals surface area contributed by atoms with Crippen molar-refractivity contribution in [3.8, 4) is 5.75 Å². The predicted octanol–water partition coefficient (Wildman–Crippen LogP) is 2.46. The van der Waals surface area contributed by atoms with E-state index in [0.29, 0.717) is 25.6 Å². The van der Waals surface area contributed by atoms with Gasteiger partial charge in [-0.1, -0.05) is 18.2 Å². The van der Waals surface area contributed by atoms with Gasteiger partial charge in [-0.05, 0) is 19.4 Å². The molecular weight excluding hydrogens is 204 g/mol. The molecule has 0 aromatic heterocycles. The van der Waals surface area contributed by atoms with Gasteiger partial charge in [0.05, 0.1) is 20.3 Å². The molecule has 0 bridgehead atoms. The Kier molecular flexibility index (Phi) is 3.80. The number of rotatable bonds is 3. The molecule has 86 valence electrons. The van der Waals surface area contributed by atoms with Crippen LogP contribution in [0.5, 0.6) is 5.75 Å². The molecule has 2 radical (unpaired) electrons. The van der Waals surface area contributed by atoms with E-state index in [1.54, 1.807) is 7.11 Å². The first-order valence-corrected chi connectivity index (χ1v) is 5.41. The third-order valence-corrected chi connectivity index (χ3v) is 2.69. The molecule has 0 aliphatic carbocycles. The highest BCUT2D eigenvalue weighted by Crippen LogP contribution is 2.31. The minimum absolute atomic E-state index is 0.297. The van der Waals surface area contributed by atoms with Crippen LogP contribution in [0.2, 0.25) is 0 Å². The van der Waals surface area contributed by atoms with E-state index in [9.17, 15) is 0 Å². The number of hydrogen-bond donors (Lipinski definition) is 0. The molecule has 0 unspecified atom stereocenters. The molecule has 3 nitrogen and oxygen atoms in total. The average Bonchev–Trinajstić information content (AvgIpc) is 2.39. The van der Waals surface area contributed by atoms with Crippen molar-refractivity contribution in [3.63, 3.8) is 0 Å². The lowest BCUT2D eigenvalue weighted by molar-refractivity contribution is -0.205. The van der Waals surface area contributed by atoms with Crippen LogP contribution in [0, 0.1) is 12.8 Å². The van der Waals surface area contributed by atoms with E-state index < -0.39 is 0 Å². The van der Waals surface area contributed by atoms with Crippen molar-refractivity contribution in [3.05, 3.63) is 36.8 Å². The second kappa shape index (κ2) is 5.32. The van der Waals surface area contributed by atoms with Gasteiger partial charge in [-0.3, -0.25) is 0 Å². The lowest BCUT2D eigenvalue weighted by atomic mass is 10.1. The van der Waals surface area contributed by atoms with Crippen molar-refractivity contribution in [1.29, 1.82) is 0 Å². The highest BCUT2D eigenvalue weighted by molar-refractivity contribution is 5.34. The molecule has 1 saturated heterocycles. The first kappa shape index (κ1) is 11.4. The first-order valence-electron chi connectivity index (χ1n) is 5.41. The monoisotopic (exact) mass is 220 g/mol. The normalized spacial score (nSPS) is 25.4. The van der Waals surface area contributed by atoms with Gasteiger partial charge in [0.2, 0.25) is 0 Å². The molecule has 1 aromatic carbocycles. The summed E-state index contributed by atoms with van der Waals surface area (Å²) in [5, 5.41) is 0. The van der Waals surface area contributed by atoms with Crippen molar-refractivity contribution in [2.75, 3.05) is 20.3 Å². The Labute approximate surface area is 96.3 Å². The van der Waals surface area contributed by atoms with E-state index >= 15 is 0 Å². The zero-order chi connectivity index (χ0) is 11.4. The Bertz CT molecular complexity index is 330. The summed E-state index contributed by atoms with van der Waals surface area (Å²) in [6.07, 6.45) is 0.262. The second-order valence-electron chi connectivity index (χ2n) is 3.84. The molecule has 1 fully saturated rings. The molecule has 2 rings (SSSR count). The van der Waals surface area contributed by atoms with E-state index in [1.807, 2.05) is 24.3 Å². The molecule has 0 spiro atoms. The molecule has 0 amide bonds. The molecular formula is C13H16O3. The Morgan fingerprint density at radius 2 is 2.00 bits per heavy atom. The Balaban J connectivity index is 2.07. The fourth-order valence-corrected chi connectivity index (χ4v) is 1.72. The van der Waals surface area contributed by atoms with Crippen LogP contribution in [0.25, 0.3) is 0 Å². The van der Waals surface area contributed by atoms with Crippen LogP contribution < -0.4 is 4.74 Å². The van der Waals surface area contributed by atoms with Crippen LogP contribution in [0.3, 0.4) is 0 Å². The van der Waals surface area contributed by atoms with E-state index in [-0.39, 0.29) is 6.29 Å². The van der Waals surface area contributed by atoms with Gasteiger partial charge in [0.25, 0.3) is 0 Å². The van der Waals surface area contributed by atoms with E-state index in [4.69, 9.17) is 21.1 Å². The largest absolute Gasteiger partial charge is 0.496 e. The lowest BCUT2D eigenvalue weighted by Crippen LogP contribution is -2.26. The number of methoxy groups -OCH3 is 1. The fourth-order valence-electron chi connectivity index (χ4n) is 1.72. The molecule has 16 heavy (non-hydrogen) atoms. The molecule has 0 saturated carbocycles. The van der Waals surface area contributed by atoms with Crippen LogP contribution in [0.1, 0.15) is 18.3 Å².